The number of esters is 1. The van der Waals surface area contributed by atoms with E-state index >= 15 is 0 Å². The Labute approximate surface area is 103 Å². The minimum Gasteiger partial charge on any atom is -0.466 e. The van der Waals surface area contributed by atoms with Crippen LogP contribution in [0.5, 0.6) is 0 Å². The minimum atomic E-state index is -0.0613. The molecule has 1 N–H and O–H groups in total. The van der Waals surface area contributed by atoms with Crippen LogP contribution >= 0.6 is 0 Å². The molecule has 3 fully saturated rings. The summed E-state index contributed by atoms with van der Waals surface area (Å²) in [7, 11) is 0. The first kappa shape index (κ1) is 11.5. The second kappa shape index (κ2) is 4.27. The number of hydrogen-bond donors (Lipinski definition) is 1. The molecule has 3 rings (SSSR count). The van der Waals surface area contributed by atoms with Gasteiger partial charge in [-0.25, -0.2) is 0 Å². The van der Waals surface area contributed by atoms with Gasteiger partial charge >= 0.3 is 5.97 Å². The van der Waals surface area contributed by atoms with E-state index in [4.69, 9.17) is 4.74 Å². The molecular formula is C14H23NO2. The fraction of sp³-hybridized carbons (Fsp3) is 0.929. The molecule has 96 valence electrons. The maximum Gasteiger partial charge on any atom is 0.309 e. The highest BCUT2D eigenvalue weighted by Gasteiger charge is 2.64. The van der Waals surface area contributed by atoms with Crippen molar-refractivity contribution in [2.75, 3.05) is 13.2 Å². The van der Waals surface area contributed by atoms with Crippen LogP contribution in [0.2, 0.25) is 0 Å². The van der Waals surface area contributed by atoms with Gasteiger partial charge in [-0.3, -0.25) is 4.79 Å². The Morgan fingerprint density at radius 1 is 1.35 bits per heavy atom. The van der Waals surface area contributed by atoms with E-state index in [0.29, 0.717) is 6.61 Å². The van der Waals surface area contributed by atoms with E-state index in [-0.39, 0.29) is 11.9 Å². The van der Waals surface area contributed by atoms with Gasteiger partial charge in [0.05, 0.1) is 12.5 Å². The molecule has 3 saturated carbocycles. The van der Waals surface area contributed by atoms with Crippen molar-refractivity contribution in [3.8, 4) is 0 Å². The molecule has 17 heavy (non-hydrogen) atoms. The summed E-state index contributed by atoms with van der Waals surface area (Å²) in [6.07, 6.45) is 4.40. The molecule has 2 bridgehead atoms. The van der Waals surface area contributed by atoms with Crippen LogP contribution in [0.3, 0.4) is 0 Å². The molecule has 0 aromatic carbocycles. The van der Waals surface area contributed by atoms with Gasteiger partial charge in [-0.05, 0) is 49.9 Å². The van der Waals surface area contributed by atoms with Crippen LogP contribution in [0.1, 0.15) is 33.1 Å². The summed E-state index contributed by atoms with van der Waals surface area (Å²) in [6, 6.07) is 0.720. The molecule has 5 unspecified atom stereocenters. The van der Waals surface area contributed by atoms with Crippen LogP contribution < -0.4 is 5.32 Å². The number of ether oxygens (including phenoxy) is 1. The van der Waals surface area contributed by atoms with Crippen LogP contribution in [0.25, 0.3) is 0 Å². The lowest BCUT2D eigenvalue weighted by atomic mass is 10.0. The van der Waals surface area contributed by atoms with E-state index in [0.717, 1.165) is 36.3 Å². The second-order valence-electron chi connectivity index (χ2n) is 6.08. The average molecular weight is 237 g/mol. The van der Waals surface area contributed by atoms with E-state index in [1.807, 2.05) is 13.8 Å². The van der Waals surface area contributed by atoms with E-state index < -0.39 is 0 Å². The Morgan fingerprint density at radius 3 is 2.59 bits per heavy atom. The quantitative estimate of drug-likeness (QED) is 0.741. The monoisotopic (exact) mass is 237 g/mol. The maximum absolute atomic E-state index is 11.5. The summed E-state index contributed by atoms with van der Waals surface area (Å²) in [5, 5.41) is 3.60. The molecule has 0 heterocycles. The Kier molecular flexibility index (Phi) is 2.89. The normalized spacial score (nSPS) is 43.3. The topological polar surface area (TPSA) is 38.3 Å². The molecule has 0 aliphatic heterocycles. The Hall–Kier alpha value is -0.570. The number of hydrogen-bond acceptors (Lipinski definition) is 3. The predicted molar refractivity (Wildman–Crippen MR) is 65.4 cm³/mol. The summed E-state index contributed by atoms with van der Waals surface area (Å²) < 4.78 is 5.03. The summed E-state index contributed by atoms with van der Waals surface area (Å²) in [5.41, 5.74) is 0. The molecule has 0 amide bonds. The summed E-state index contributed by atoms with van der Waals surface area (Å²) in [4.78, 5) is 11.5. The van der Waals surface area contributed by atoms with Crippen LogP contribution in [-0.4, -0.2) is 25.2 Å². The van der Waals surface area contributed by atoms with Crippen LogP contribution in [0, 0.1) is 29.6 Å². The highest BCUT2D eigenvalue weighted by atomic mass is 16.5. The largest absolute Gasteiger partial charge is 0.466 e. The fourth-order valence-electron chi connectivity index (χ4n) is 4.28. The molecule has 0 spiro atoms. The summed E-state index contributed by atoms with van der Waals surface area (Å²) >= 11 is 0. The van der Waals surface area contributed by atoms with Gasteiger partial charge in [-0.1, -0.05) is 6.92 Å². The zero-order valence-corrected chi connectivity index (χ0v) is 10.8. The number of fused-ring (bicyclic) bond motifs is 5. The smallest absolute Gasteiger partial charge is 0.309 e. The van der Waals surface area contributed by atoms with Crippen LogP contribution in [0.15, 0.2) is 0 Å². The third kappa shape index (κ3) is 1.88. The van der Waals surface area contributed by atoms with Gasteiger partial charge in [0.25, 0.3) is 0 Å². The van der Waals surface area contributed by atoms with Crippen molar-refractivity contribution in [2.24, 2.45) is 29.6 Å². The Bertz CT molecular complexity index is 301. The minimum absolute atomic E-state index is 0.00562. The van der Waals surface area contributed by atoms with Gasteiger partial charge in [0.15, 0.2) is 0 Å². The standard InChI is InChI=1S/C14H23NO2/c1-3-17-14(16)8(2)7-15-13-11-9-4-5-10(6-9)12(11)13/h8-13,15H,3-7H2,1-2H3. The van der Waals surface area contributed by atoms with Gasteiger partial charge in [-0.15, -0.1) is 0 Å². The first-order chi connectivity index (χ1) is 8.22. The van der Waals surface area contributed by atoms with Gasteiger partial charge in [-0.2, -0.15) is 0 Å². The van der Waals surface area contributed by atoms with Crippen molar-refractivity contribution in [1.82, 2.24) is 5.32 Å². The van der Waals surface area contributed by atoms with E-state index in [1.54, 1.807) is 0 Å². The number of rotatable bonds is 5. The van der Waals surface area contributed by atoms with Gasteiger partial charge in [0, 0.05) is 12.6 Å². The highest BCUT2D eigenvalue weighted by Crippen LogP contribution is 2.65. The predicted octanol–water partition coefficient (Wildman–Crippen LogP) is 1.82. The molecule has 3 heteroatoms. The van der Waals surface area contributed by atoms with Crippen LogP contribution in [-0.2, 0) is 9.53 Å². The SMILES string of the molecule is CCOC(=O)C(C)CNC1C2C3CCC(C3)C12. The van der Waals surface area contributed by atoms with Gasteiger partial charge in [0.2, 0.25) is 0 Å². The third-order valence-corrected chi connectivity index (χ3v) is 5.08. The van der Waals surface area contributed by atoms with Crippen molar-refractivity contribution in [3.05, 3.63) is 0 Å². The Balaban J connectivity index is 1.43. The lowest BCUT2D eigenvalue weighted by molar-refractivity contribution is -0.147. The van der Waals surface area contributed by atoms with Crippen molar-refractivity contribution in [1.29, 1.82) is 0 Å². The highest BCUT2D eigenvalue weighted by molar-refractivity contribution is 5.72. The van der Waals surface area contributed by atoms with E-state index in [2.05, 4.69) is 5.32 Å². The Morgan fingerprint density at radius 2 is 2.00 bits per heavy atom. The van der Waals surface area contributed by atoms with Gasteiger partial charge in [0.1, 0.15) is 0 Å². The van der Waals surface area contributed by atoms with Gasteiger partial charge < -0.3 is 10.1 Å². The molecule has 3 aliphatic carbocycles. The lowest BCUT2D eigenvalue weighted by Crippen LogP contribution is -2.32. The number of nitrogens with one attached hydrogen (secondary N) is 1. The van der Waals surface area contributed by atoms with E-state index in [9.17, 15) is 4.79 Å². The molecule has 0 radical (unpaired) electrons. The molecule has 3 aliphatic rings. The van der Waals surface area contributed by atoms with Crippen molar-refractivity contribution < 1.29 is 9.53 Å². The molecular weight excluding hydrogens is 214 g/mol. The molecule has 0 aromatic heterocycles. The number of carbonyl (C=O) groups is 1. The second-order valence-corrected chi connectivity index (χ2v) is 6.08. The lowest BCUT2D eigenvalue weighted by Gasteiger charge is -2.14. The average Bonchev–Trinajstić information content (AvgIpc) is 2.70. The van der Waals surface area contributed by atoms with Crippen molar-refractivity contribution >= 4 is 5.97 Å². The van der Waals surface area contributed by atoms with Crippen LogP contribution in [0.4, 0.5) is 0 Å². The van der Waals surface area contributed by atoms with Crippen molar-refractivity contribution in [3.63, 3.8) is 0 Å². The molecule has 0 aromatic rings. The number of carbonyl (C=O) groups excluding carboxylic acids is 1. The maximum atomic E-state index is 11.5. The first-order valence-electron chi connectivity index (χ1n) is 7.12. The first-order valence-corrected chi connectivity index (χ1v) is 7.12. The summed E-state index contributed by atoms with van der Waals surface area (Å²) in [6.45, 7) is 5.09. The zero-order chi connectivity index (χ0) is 12.0. The molecule has 3 nitrogen and oxygen atoms in total. The van der Waals surface area contributed by atoms with Crippen molar-refractivity contribution in [2.45, 2.75) is 39.2 Å². The molecule has 5 atom stereocenters. The summed E-state index contributed by atoms with van der Waals surface area (Å²) in [5.74, 6) is 3.83. The fourth-order valence-corrected chi connectivity index (χ4v) is 4.28. The third-order valence-electron chi connectivity index (χ3n) is 5.08. The van der Waals surface area contributed by atoms with E-state index in [1.165, 1.54) is 19.3 Å². The zero-order valence-electron chi connectivity index (χ0n) is 10.8. The molecule has 0 saturated heterocycles.